The summed E-state index contributed by atoms with van der Waals surface area (Å²) in [5.41, 5.74) is 1.37. The summed E-state index contributed by atoms with van der Waals surface area (Å²) < 4.78 is 1.46. The normalized spacial score (nSPS) is 10.7. The Bertz CT molecular complexity index is 1050. The standard InChI is InChI=1S/C20H25N7O2/c1-3-21-17-12-14(2)25-20(26-17)23-10-9-22-18(28)8-11-27-13-24-16-7-5-4-6-15(16)19(27)29/h4-7,12-13H,3,8-11H2,1-2H3,(H,22,28)(H2,21,23,25,26). The third kappa shape index (κ3) is 5.50. The number of rotatable bonds is 9. The quantitative estimate of drug-likeness (QED) is 0.471. The van der Waals surface area contributed by atoms with Crippen LogP contribution in [0.5, 0.6) is 0 Å². The summed E-state index contributed by atoms with van der Waals surface area (Å²) in [4.78, 5) is 37.4. The van der Waals surface area contributed by atoms with Crippen molar-refractivity contribution in [2.24, 2.45) is 0 Å². The lowest BCUT2D eigenvalue weighted by Crippen LogP contribution is -2.31. The van der Waals surface area contributed by atoms with Gasteiger partial charge in [-0.15, -0.1) is 0 Å². The van der Waals surface area contributed by atoms with Gasteiger partial charge in [-0.25, -0.2) is 9.97 Å². The topological polar surface area (TPSA) is 114 Å². The Balaban J connectivity index is 1.45. The minimum Gasteiger partial charge on any atom is -0.370 e. The Morgan fingerprint density at radius 1 is 1.14 bits per heavy atom. The van der Waals surface area contributed by atoms with Gasteiger partial charge in [0.2, 0.25) is 11.9 Å². The lowest BCUT2D eigenvalue weighted by molar-refractivity contribution is -0.121. The molecule has 3 aromatic rings. The van der Waals surface area contributed by atoms with Crippen LogP contribution in [0.3, 0.4) is 0 Å². The minimum atomic E-state index is -0.141. The molecule has 0 saturated carbocycles. The summed E-state index contributed by atoms with van der Waals surface area (Å²) in [5.74, 6) is 1.15. The molecule has 0 radical (unpaired) electrons. The number of hydrogen-bond donors (Lipinski definition) is 3. The highest BCUT2D eigenvalue weighted by Gasteiger charge is 2.06. The highest BCUT2D eigenvalue weighted by molar-refractivity contribution is 5.77. The van der Waals surface area contributed by atoms with E-state index in [1.807, 2.05) is 26.0 Å². The van der Waals surface area contributed by atoms with Crippen LogP contribution in [0.15, 0.2) is 41.5 Å². The highest BCUT2D eigenvalue weighted by Crippen LogP contribution is 2.09. The predicted molar refractivity (Wildman–Crippen MR) is 113 cm³/mol. The van der Waals surface area contributed by atoms with Gasteiger partial charge in [0.15, 0.2) is 0 Å². The molecule has 0 atom stereocenters. The molecule has 2 heterocycles. The summed E-state index contributed by atoms with van der Waals surface area (Å²) in [6.07, 6.45) is 1.68. The molecule has 0 bridgehead atoms. The third-order valence-corrected chi connectivity index (χ3v) is 4.25. The van der Waals surface area contributed by atoms with Gasteiger partial charge >= 0.3 is 0 Å². The Morgan fingerprint density at radius 2 is 1.97 bits per heavy atom. The zero-order valence-electron chi connectivity index (χ0n) is 16.6. The molecule has 0 aliphatic rings. The maximum atomic E-state index is 12.4. The number of fused-ring (bicyclic) bond motifs is 1. The first-order chi connectivity index (χ1) is 14.1. The van der Waals surface area contributed by atoms with Crippen molar-refractivity contribution in [1.82, 2.24) is 24.8 Å². The van der Waals surface area contributed by atoms with E-state index in [2.05, 4.69) is 30.9 Å². The van der Waals surface area contributed by atoms with Gasteiger partial charge in [-0.1, -0.05) is 12.1 Å². The maximum Gasteiger partial charge on any atom is 0.261 e. The Kier molecular flexibility index (Phi) is 6.72. The van der Waals surface area contributed by atoms with Crippen LogP contribution < -0.4 is 21.5 Å². The molecule has 0 aliphatic heterocycles. The lowest BCUT2D eigenvalue weighted by Gasteiger charge is -2.10. The SMILES string of the molecule is CCNc1cc(C)nc(NCCNC(=O)CCn2cnc3ccccc3c2=O)n1. The molecule has 0 spiro atoms. The maximum absolute atomic E-state index is 12.4. The molecule has 9 heteroatoms. The predicted octanol–water partition coefficient (Wildman–Crippen LogP) is 1.55. The van der Waals surface area contributed by atoms with E-state index in [0.29, 0.717) is 29.9 Å². The van der Waals surface area contributed by atoms with Gasteiger partial charge in [0.25, 0.3) is 5.56 Å². The van der Waals surface area contributed by atoms with Gasteiger partial charge in [0, 0.05) is 44.4 Å². The lowest BCUT2D eigenvalue weighted by atomic mass is 10.2. The van der Waals surface area contributed by atoms with Crippen molar-refractivity contribution in [2.45, 2.75) is 26.8 Å². The molecule has 1 aromatic carbocycles. The Hall–Kier alpha value is -3.49. The first kappa shape index (κ1) is 20.2. The molecular weight excluding hydrogens is 370 g/mol. The number of para-hydroxylation sites is 1. The summed E-state index contributed by atoms with van der Waals surface area (Å²) in [5, 5.41) is 9.63. The zero-order valence-corrected chi connectivity index (χ0v) is 16.6. The van der Waals surface area contributed by atoms with Crippen LogP contribution in [0.1, 0.15) is 19.0 Å². The van der Waals surface area contributed by atoms with E-state index >= 15 is 0 Å². The first-order valence-electron chi connectivity index (χ1n) is 9.61. The number of anilines is 2. The Morgan fingerprint density at radius 3 is 2.79 bits per heavy atom. The fourth-order valence-electron chi connectivity index (χ4n) is 2.87. The first-order valence-corrected chi connectivity index (χ1v) is 9.61. The molecule has 3 rings (SSSR count). The molecule has 1 amide bonds. The van der Waals surface area contributed by atoms with Crippen molar-refractivity contribution in [2.75, 3.05) is 30.3 Å². The van der Waals surface area contributed by atoms with E-state index in [-0.39, 0.29) is 24.4 Å². The summed E-state index contributed by atoms with van der Waals surface area (Å²) >= 11 is 0. The Labute approximate surface area is 168 Å². The molecule has 0 saturated heterocycles. The van der Waals surface area contributed by atoms with Gasteiger partial charge in [-0.05, 0) is 26.0 Å². The monoisotopic (exact) mass is 395 g/mol. The number of amides is 1. The number of benzene rings is 1. The van der Waals surface area contributed by atoms with Gasteiger partial charge < -0.3 is 16.0 Å². The van der Waals surface area contributed by atoms with Crippen LogP contribution in [0.4, 0.5) is 11.8 Å². The van der Waals surface area contributed by atoms with Crippen molar-refractivity contribution in [3.05, 3.63) is 52.7 Å². The van der Waals surface area contributed by atoms with Gasteiger partial charge in [0.05, 0.1) is 17.2 Å². The van der Waals surface area contributed by atoms with E-state index in [4.69, 9.17) is 0 Å². The molecule has 152 valence electrons. The second-order valence-electron chi connectivity index (χ2n) is 6.54. The van der Waals surface area contributed by atoms with Crippen molar-refractivity contribution < 1.29 is 4.79 Å². The summed E-state index contributed by atoms with van der Waals surface area (Å²) in [7, 11) is 0. The number of aryl methyl sites for hydroxylation is 2. The number of nitrogens with zero attached hydrogens (tertiary/aromatic N) is 4. The smallest absolute Gasteiger partial charge is 0.261 e. The number of hydrogen-bond acceptors (Lipinski definition) is 7. The van der Waals surface area contributed by atoms with Crippen molar-refractivity contribution in [1.29, 1.82) is 0 Å². The van der Waals surface area contributed by atoms with E-state index in [1.165, 1.54) is 10.9 Å². The fraction of sp³-hybridized carbons (Fsp3) is 0.350. The van der Waals surface area contributed by atoms with E-state index in [0.717, 1.165) is 18.1 Å². The van der Waals surface area contributed by atoms with Crippen LogP contribution >= 0.6 is 0 Å². The van der Waals surface area contributed by atoms with E-state index in [9.17, 15) is 9.59 Å². The van der Waals surface area contributed by atoms with Crippen LogP contribution in [0.25, 0.3) is 10.9 Å². The number of carbonyl (C=O) groups excluding carboxylic acids is 1. The van der Waals surface area contributed by atoms with Crippen molar-refractivity contribution in [3.63, 3.8) is 0 Å². The molecule has 29 heavy (non-hydrogen) atoms. The van der Waals surface area contributed by atoms with Gasteiger partial charge in [-0.2, -0.15) is 4.98 Å². The molecule has 0 unspecified atom stereocenters. The van der Waals surface area contributed by atoms with Crippen LogP contribution in [0, 0.1) is 6.92 Å². The molecule has 9 nitrogen and oxygen atoms in total. The molecule has 3 N–H and O–H groups in total. The van der Waals surface area contributed by atoms with Crippen molar-refractivity contribution in [3.8, 4) is 0 Å². The molecule has 0 fully saturated rings. The highest BCUT2D eigenvalue weighted by atomic mass is 16.1. The second-order valence-corrected chi connectivity index (χ2v) is 6.54. The van der Waals surface area contributed by atoms with Crippen LogP contribution in [0.2, 0.25) is 0 Å². The molecule has 0 aliphatic carbocycles. The summed E-state index contributed by atoms with van der Waals surface area (Å²) in [6.45, 7) is 5.89. The average Bonchev–Trinajstić information content (AvgIpc) is 2.71. The molecule has 2 aromatic heterocycles. The van der Waals surface area contributed by atoms with Crippen molar-refractivity contribution >= 4 is 28.6 Å². The van der Waals surface area contributed by atoms with Gasteiger partial charge in [0.1, 0.15) is 5.82 Å². The second kappa shape index (κ2) is 9.63. The molecular formula is C20H25N7O2. The largest absolute Gasteiger partial charge is 0.370 e. The summed E-state index contributed by atoms with van der Waals surface area (Å²) in [6, 6.07) is 9.04. The number of nitrogens with one attached hydrogen (secondary N) is 3. The average molecular weight is 395 g/mol. The number of carbonyl (C=O) groups is 1. The fourth-order valence-corrected chi connectivity index (χ4v) is 2.87. The van der Waals surface area contributed by atoms with Gasteiger partial charge in [-0.3, -0.25) is 14.2 Å². The minimum absolute atomic E-state index is 0.134. The van der Waals surface area contributed by atoms with Crippen LogP contribution in [-0.4, -0.2) is 45.1 Å². The van der Waals surface area contributed by atoms with E-state index < -0.39 is 0 Å². The van der Waals surface area contributed by atoms with E-state index in [1.54, 1.807) is 18.2 Å². The number of aromatic nitrogens is 4. The van der Waals surface area contributed by atoms with Crippen LogP contribution in [-0.2, 0) is 11.3 Å². The third-order valence-electron chi connectivity index (χ3n) is 4.25. The zero-order chi connectivity index (χ0) is 20.6.